The summed E-state index contributed by atoms with van der Waals surface area (Å²) in [5.41, 5.74) is 2.77. The Balaban J connectivity index is 0.000000331. The van der Waals surface area contributed by atoms with Gasteiger partial charge in [0, 0.05) is 55.0 Å². The number of non-ortho nitro benzene ring substituents is 1. The number of likely N-dealkylation sites (N-methyl/N-ethyl adjacent to an activating group) is 1. The minimum Gasteiger partial charge on any atom is -0.478 e. The van der Waals surface area contributed by atoms with E-state index < -0.39 is 11.9 Å². The van der Waals surface area contributed by atoms with Gasteiger partial charge in [0.25, 0.3) is 5.69 Å². The van der Waals surface area contributed by atoms with Gasteiger partial charge >= 0.3 is 11.9 Å². The average Bonchev–Trinajstić information content (AvgIpc) is 3.04. The third-order valence-electron chi connectivity index (χ3n) is 5.98. The number of hydrogen-bond donors (Lipinski definition) is 2. The first-order chi connectivity index (χ1) is 15.7. The number of aliphatic carboxylic acids is 2. The smallest absolute Gasteiger partial charge is 0.328 e. The van der Waals surface area contributed by atoms with Crippen LogP contribution in [0.2, 0.25) is 0 Å². The Morgan fingerprint density at radius 3 is 2.39 bits per heavy atom. The molecule has 33 heavy (non-hydrogen) atoms. The van der Waals surface area contributed by atoms with Crippen molar-refractivity contribution in [3.63, 3.8) is 0 Å². The summed E-state index contributed by atoms with van der Waals surface area (Å²) in [5, 5.41) is 26.6. The zero-order chi connectivity index (χ0) is 24.0. The number of fused-ring (bicyclic) bond motifs is 2. The fourth-order valence-electron chi connectivity index (χ4n) is 4.21. The van der Waals surface area contributed by atoms with Crippen LogP contribution in [0, 0.1) is 10.1 Å². The standard InChI is InChI=1S/C19H22N4O2.C4H4O4/c1-21-15-5-6-18(21)13-22(10-9-15)17-7-8-19(20-12-17)14-3-2-4-16(11-14)23(24)25;5-3(6)1-2-4(7)8/h2-4,7-8,11-12,15,18H,5-6,9-10,13H2,1H3;1-2H,(H,5,6)(H,7,8)/b;2-1+. The Kier molecular flexibility index (Phi) is 7.73. The summed E-state index contributed by atoms with van der Waals surface area (Å²) >= 11 is 0. The summed E-state index contributed by atoms with van der Waals surface area (Å²) in [5.74, 6) is -2.51. The highest BCUT2D eigenvalue weighted by molar-refractivity contribution is 5.89. The molecule has 2 aliphatic rings. The van der Waals surface area contributed by atoms with Gasteiger partial charge in [0.1, 0.15) is 0 Å². The van der Waals surface area contributed by atoms with Gasteiger partial charge in [0.05, 0.1) is 22.5 Å². The number of carboxylic acids is 2. The van der Waals surface area contributed by atoms with Crippen LogP contribution in [0.3, 0.4) is 0 Å². The Bertz CT molecular complexity index is 1020. The maximum atomic E-state index is 10.9. The Labute approximate surface area is 190 Å². The second-order valence-corrected chi connectivity index (χ2v) is 8.00. The molecular formula is C23H26N4O6. The topological polar surface area (TPSA) is 137 Å². The number of nitro benzene ring substituents is 1. The molecule has 4 rings (SSSR count). The molecule has 10 nitrogen and oxygen atoms in total. The average molecular weight is 454 g/mol. The van der Waals surface area contributed by atoms with Crippen molar-refractivity contribution >= 4 is 23.3 Å². The van der Waals surface area contributed by atoms with Gasteiger partial charge in [-0.3, -0.25) is 20.0 Å². The molecule has 1 aromatic carbocycles. The van der Waals surface area contributed by atoms with Crippen LogP contribution in [0.1, 0.15) is 19.3 Å². The van der Waals surface area contributed by atoms with E-state index in [-0.39, 0.29) is 10.6 Å². The predicted octanol–water partition coefficient (Wildman–Crippen LogP) is 3.04. The van der Waals surface area contributed by atoms with Gasteiger partial charge < -0.3 is 15.1 Å². The molecule has 0 aliphatic carbocycles. The van der Waals surface area contributed by atoms with E-state index in [1.165, 1.54) is 25.3 Å². The van der Waals surface area contributed by atoms with Crippen LogP contribution in [0.4, 0.5) is 11.4 Å². The van der Waals surface area contributed by atoms with E-state index in [1.807, 2.05) is 18.3 Å². The van der Waals surface area contributed by atoms with Crippen LogP contribution < -0.4 is 4.90 Å². The minimum absolute atomic E-state index is 0.0926. The van der Waals surface area contributed by atoms with E-state index in [0.29, 0.717) is 24.2 Å². The van der Waals surface area contributed by atoms with Crippen molar-refractivity contribution in [3.8, 4) is 11.3 Å². The summed E-state index contributed by atoms with van der Waals surface area (Å²) in [6, 6.07) is 12.0. The number of benzene rings is 1. The van der Waals surface area contributed by atoms with Crippen LogP contribution in [0.5, 0.6) is 0 Å². The number of anilines is 1. The molecule has 0 spiro atoms. The molecule has 2 atom stereocenters. The first kappa shape index (κ1) is 23.9. The molecule has 2 aliphatic heterocycles. The number of hydrogen-bond acceptors (Lipinski definition) is 7. The third-order valence-corrected chi connectivity index (χ3v) is 5.98. The molecule has 2 unspecified atom stereocenters. The van der Waals surface area contributed by atoms with Gasteiger partial charge in [-0.05, 0) is 38.4 Å². The Morgan fingerprint density at radius 2 is 1.79 bits per heavy atom. The molecule has 1 aromatic heterocycles. The summed E-state index contributed by atoms with van der Waals surface area (Å²) in [6.45, 7) is 2.11. The fourth-order valence-corrected chi connectivity index (χ4v) is 4.21. The molecule has 2 N–H and O–H groups in total. The molecule has 2 aromatic rings. The molecule has 2 fully saturated rings. The summed E-state index contributed by atoms with van der Waals surface area (Å²) in [6.07, 6.45) is 6.80. The second-order valence-electron chi connectivity index (χ2n) is 8.00. The van der Waals surface area contributed by atoms with Crippen LogP contribution in [-0.4, -0.2) is 69.2 Å². The highest BCUT2D eigenvalue weighted by Crippen LogP contribution is 2.31. The zero-order valence-corrected chi connectivity index (χ0v) is 18.2. The first-order valence-corrected chi connectivity index (χ1v) is 10.6. The molecular weight excluding hydrogens is 428 g/mol. The number of aromatic nitrogens is 1. The van der Waals surface area contributed by atoms with Crippen LogP contribution in [0.25, 0.3) is 11.3 Å². The van der Waals surface area contributed by atoms with E-state index in [0.717, 1.165) is 30.0 Å². The SMILES string of the molecule is CN1C2CCC1CN(c1ccc(-c3cccc([N+](=O)[O-])c3)nc1)CC2.O=C(O)/C=C/C(=O)O. The van der Waals surface area contributed by atoms with E-state index in [9.17, 15) is 19.7 Å². The molecule has 174 valence electrons. The van der Waals surface area contributed by atoms with Gasteiger partial charge in [-0.15, -0.1) is 0 Å². The van der Waals surface area contributed by atoms with Crippen molar-refractivity contribution in [2.24, 2.45) is 0 Å². The largest absolute Gasteiger partial charge is 0.478 e. The van der Waals surface area contributed by atoms with Crippen molar-refractivity contribution in [1.82, 2.24) is 9.88 Å². The van der Waals surface area contributed by atoms with Crippen molar-refractivity contribution in [1.29, 1.82) is 0 Å². The van der Waals surface area contributed by atoms with Crippen LogP contribution in [-0.2, 0) is 9.59 Å². The predicted molar refractivity (Wildman–Crippen MR) is 122 cm³/mol. The Morgan fingerprint density at radius 1 is 1.09 bits per heavy atom. The van der Waals surface area contributed by atoms with Crippen LogP contribution in [0.15, 0.2) is 54.7 Å². The lowest BCUT2D eigenvalue weighted by molar-refractivity contribution is -0.384. The van der Waals surface area contributed by atoms with Crippen molar-refractivity contribution in [2.75, 3.05) is 25.0 Å². The molecule has 3 heterocycles. The molecule has 2 saturated heterocycles. The number of carbonyl (C=O) groups is 2. The Hall–Kier alpha value is -3.79. The monoisotopic (exact) mass is 454 g/mol. The summed E-state index contributed by atoms with van der Waals surface area (Å²) in [7, 11) is 2.25. The molecule has 2 bridgehead atoms. The lowest BCUT2D eigenvalue weighted by atomic mass is 10.1. The van der Waals surface area contributed by atoms with Crippen molar-refractivity contribution in [3.05, 3.63) is 64.9 Å². The first-order valence-electron chi connectivity index (χ1n) is 10.6. The van der Waals surface area contributed by atoms with E-state index in [4.69, 9.17) is 10.2 Å². The molecule has 0 radical (unpaired) electrons. The van der Waals surface area contributed by atoms with Gasteiger partial charge in [0.2, 0.25) is 0 Å². The lowest BCUT2D eigenvalue weighted by Crippen LogP contribution is -2.36. The van der Waals surface area contributed by atoms with Crippen molar-refractivity contribution in [2.45, 2.75) is 31.3 Å². The summed E-state index contributed by atoms with van der Waals surface area (Å²) in [4.78, 5) is 39.2. The number of rotatable bonds is 5. The van der Waals surface area contributed by atoms with Crippen LogP contribution >= 0.6 is 0 Å². The zero-order valence-electron chi connectivity index (χ0n) is 18.2. The molecule has 10 heteroatoms. The molecule has 0 saturated carbocycles. The highest BCUT2D eigenvalue weighted by Gasteiger charge is 2.34. The van der Waals surface area contributed by atoms with Gasteiger partial charge in [0.15, 0.2) is 0 Å². The summed E-state index contributed by atoms with van der Waals surface area (Å²) < 4.78 is 0. The lowest BCUT2D eigenvalue weighted by Gasteiger charge is -2.27. The van der Waals surface area contributed by atoms with E-state index in [1.54, 1.807) is 12.1 Å². The third kappa shape index (κ3) is 6.36. The highest BCUT2D eigenvalue weighted by atomic mass is 16.6. The minimum atomic E-state index is -1.26. The number of carboxylic acid groups (broad SMARTS) is 2. The molecule has 0 amide bonds. The maximum absolute atomic E-state index is 10.9. The number of nitrogens with zero attached hydrogens (tertiary/aromatic N) is 4. The van der Waals surface area contributed by atoms with Gasteiger partial charge in [-0.2, -0.15) is 0 Å². The van der Waals surface area contributed by atoms with Gasteiger partial charge in [-0.25, -0.2) is 9.59 Å². The number of pyridine rings is 1. The quantitative estimate of drug-likeness (QED) is 0.397. The second kappa shape index (κ2) is 10.7. The number of nitro groups is 1. The maximum Gasteiger partial charge on any atom is 0.328 e. The van der Waals surface area contributed by atoms with Gasteiger partial charge in [-0.1, -0.05) is 12.1 Å². The van der Waals surface area contributed by atoms with E-state index in [2.05, 4.69) is 27.9 Å². The van der Waals surface area contributed by atoms with Crippen molar-refractivity contribution < 1.29 is 24.7 Å². The fraction of sp³-hybridized carbons (Fsp3) is 0.348. The normalized spacial score (nSPS) is 20.1. The van der Waals surface area contributed by atoms with E-state index >= 15 is 0 Å².